The molecule has 0 saturated heterocycles. The molecule has 5 nitrogen and oxygen atoms in total. The van der Waals surface area contributed by atoms with Gasteiger partial charge in [-0.15, -0.1) is 0 Å². The number of carbonyl (C=O) groups excluding carboxylic acids is 1. The fourth-order valence-electron chi connectivity index (χ4n) is 1.66. The van der Waals surface area contributed by atoms with Gasteiger partial charge < -0.3 is 19.9 Å². The van der Waals surface area contributed by atoms with E-state index < -0.39 is 22.7 Å². The normalized spacial score (nSPS) is 13.9. The zero-order chi connectivity index (χ0) is 14.7. The summed E-state index contributed by atoms with van der Waals surface area (Å²) in [6, 6.07) is 1.19. The van der Waals surface area contributed by atoms with Crippen molar-refractivity contribution in [3.05, 3.63) is 22.5 Å². The summed E-state index contributed by atoms with van der Waals surface area (Å²) >= 11 is 5.61. The SMILES string of the molecule is COc1cc(O)c(Cl)c(F)c1CNC(=O)OCC1CC1. The van der Waals surface area contributed by atoms with E-state index in [0.717, 1.165) is 12.8 Å². The van der Waals surface area contributed by atoms with Crippen LogP contribution in [0.25, 0.3) is 0 Å². The van der Waals surface area contributed by atoms with Gasteiger partial charge in [0.1, 0.15) is 16.5 Å². The van der Waals surface area contributed by atoms with Crippen LogP contribution in [0.1, 0.15) is 18.4 Å². The van der Waals surface area contributed by atoms with E-state index in [4.69, 9.17) is 21.1 Å². The highest BCUT2D eigenvalue weighted by molar-refractivity contribution is 6.32. The second kappa shape index (κ2) is 6.17. The van der Waals surface area contributed by atoms with Gasteiger partial charge >= 0.3 is 6.09 Å². The summed E-state index contributed by atoms with van der Waals surface area (Å²) in [6.07, 6.45) is 1.52. The predicted molar refractivity (Wildman–Crippen MR) is 70.5 cm³/mol. The molecule has 7 heteroatoms. The summed E-state index contributed by atoms with van der Waals surface area (Å²) < 4.78 is 23.8. The first-order chi connectivity index (χ1) is 9.52. The van der Waals surface area contributed by atoms with Crippen molar-refractivity contribution in [2.45, 2.75) is 19.4 Å². The summed E-state index contributed by atoms with van der Waals surface area (Å²) in [5, 5.41) is 11.4. The van der Waals surface area contributed by atoms with Crippen molar-refractivity contribution < 1.29 is 23.8 Å². The summed E-state index contributed by atoms with van der Waals surface area (Å²) in [4.78, 5) is 11.4. The van der Waals surface area contributed by atoms with E-state index in [1.165, 1.54) is 13.2 Å². The molecule has 1 saturated carbocycles. The van der Waals surface area contributed by atoms with Gasteiger partial charge in [0.15, 0.2) is 5.82 Å². The number of ether oxygens (including phenoxy) is 2. The highest BCUT2D eigenvalue weighted by Crippen LogP contribution is 2.35. The van der Waals surface area contributed by atoms with Gasteiger partial charge in [-0.05, 0) is 18.8 Å². The van der Waals surface area contributed by atoms with Crippen molar-refractivity contribution in [1.82, 2.24) is 5.32 Å². The molecule has 1 aromatic rings. The van der Waals surface area contributed by atoms with Crippen LogP contribution in [-0.4, -0.2) is 24.9 Å². The van der Waals surface area contributed by atoms with Crippen molar-refractivity contribution >= 4 is 17.7 Å². The summed E-state index contributed by atoms with van der Waals surface area (Å²) in [7, 11) is 1.33. The number of nitrogens with one attached hydrogen (secondary N) is 1. The predicted octanol–water partition coefficient (Wildman–Crippen LogP) is 2.83. The number of hydrogen-bond donors (Lipinski definition) is 2. The Morgan fingerprint density at radius 1 is 1.60 bits per heavy atom. The maximum atomic E-state index is 13.9. The Labute approximate surface area is 120 Å². The molecule has 1 fully saturated rings. The first-order valence-corrected chi connectivity index (χ1v) is 6.55. The molecule has 0 unspecified atom stereocenters. The minimum Gasteiger partial charge on any atom is -0.506 e. The number of hydrogen-bond acceptors (Lipinski definition) is 4. The first-order valence-electron chi connectivity index (χ1n) is 6.17. The topological polar surface area (TPSA) is 67.8 Å². The van der Waals surface area contributed by atoms with Gasteiger partial charge in [-0.3, -0.25) is 0 Å². The van der Waals surface area contributed by atoms with E-state index >= 15 is 0 Å². The third-order valence-corrected chi connectivity index (χ3v) is 3.38. The van der Waals surface area contributed by atoms with Crippen molar-refractivity contribution in [1.29, 1.82) is 0 Å². The largest absolute Gasteiger partial charge is 0.506 e. The number of aromatic hydroxyl groups is 1. The smallest absolute Gasteiger partial charge is 0.407 e. The fourth-order valence-corrected chi connectivity index (χ4v) is 1.83. The molecule has 1 aromatic carbocycles. The van der Waals surface area contributed by atoms with Gasteiger partial charge in [-0.1, -0.05) is 11.6 Å². The lowest BCUT2D eigenvalue weighted by atomic mass is 10.1. The molecule has 1 aliphatic carbocycles. The zero-order valence-electron chi connectivity index (χ0n) is 10.9. The van der Waals surface area contributed by atoms with Gasteiger partial charge in [0.2, 0.25) is 0 Å². The number of carbonyl (C=O) groups is 1. The summed E-state index contributed by atoms with van der Waals surface area (Å²) in [5.74, 6) is -0.686. The van der Waals surface area contributed by atoms with Crippen LogP contribution in [-0.2, 0) is 11.3 Å². The lowest BCUT2D eigenvalue weighted by Crippen LogP contribution is -2.25. The number of phenolic OH excluding ortho intramolecular Hbond substituents is 1. The minimum atomic E-state index is -0.828. The van der Waals surface area contributed by atoms with Crippen LogP contribution < -0.4 is 10.1 Å². The maximum absolute atomic E-state index is 13.9. The molecule has 0 heterocycles. The quantitative estimate of drug-likeness (QED) is 0.877. The third kappa shape index (κ3) is 3.45. The van der Waals surface area contributed by atoms with E-state index in [1.54, 1.807) is 0 Å². The lowest BCUT2D eigenvalue weighted by Gasteiger charge is -2.13. The van der Waals surface area contributed by atoms with Crippen molar-refractivity contribution in [2.75, 3.05) is 13.7 Å². The Morgan fingerprint density at radius 2 is 2.30 bits per heavy atom. The third-order valence-electron chi connectivity index (χ3n) is 3.02. The van der Waals surface area contributed by atoms with Gasteiger partial charge in [0.05, 0.1) is 25.8 Å². The van der Waals surface area contributed by atoms with E-state index in [9.17, 15) is 14.3 Å². The van der Waals surface area contributed by atoms with Crippen LogP contribution >= 0.6 is 11.6 Å². The molecular formula is C13H15ClFNO4. The van der Waals surface area contributed by atoms with Crippen LogP contribution in [0.2, 0.25) is 5.02 Å². The number of amides is 1. The lowest BCUT2D eigenvalue weighted by molar-refractivity contribution is 0.140. The highest BCUT2D eigenvalue weighted by atomic mass is 35.5. The summed E-state index contributed by atoms with van der Waals surface area (Å²) in [5.41, 5.74) is 0.0543. The minimum absolute atomic E-state index is 0.0543. The van der Waals surface area contributed by atoms with E-state index in [1.807, 2.05) is 0 Å². The van der Waals surface area contributed by atoms with E-state index in [0.29, 0.717) is 12.5 Å². The number of alkyl carbamates (subject to hydrolysis) is 1. The Bertz CT molecular complexity index is 520. The molecule has 0 aliphatic heterocycles. The monoisotopic (exact) mass is 303 g/mol. The Hall–Kier alpha value is -1.69. The van der Waals surface area contributed by atoms with Gasteiger partial charge in [-0.2, -0.15) is 0 Å². The zero-order valence-corrected chi connectivity index (χ0v) is 11.7. The molecule has 0 atom stereocenters. The molecule has 110 valence electrons. The fraction of sp³-hybridized carbons (Fsp3) is 0.462. The Balaban J connectivity index is 2.00. The molecule has 2 rings (SSSR count). The average Bonchev–Trinajstić information content (AvgIpc) is 3.25. The number of halogens is 2. The van der Waals surface area contributed by atoms with E-state index in [2.05, 4.69) is 5.32 Å². The molecule has 2 N–H and O–H groups in total. The Kier molecular flexibility index (Phi) is 4.54. The van der Waals surface area contributed by atoms with Crippen LogP contribution in [0.5, 0.6) is 11.5 Å². The van der Waals surface area contributed by atoms with Crippen LogP contribution in [0, 0.1) is 11.7 Å². The van der Waals surface area contributed by atoms with Gasteiger partial charge in [-0.25, -0.2) is 9.18 Å². The second-order valence-corrected chi connectivity index (χ2v) is 4.98. The Morgan fingerprint density at radius 3 is 2.90 bits per heavy atom. The van der Waals surface area contributed by atoms with Gasteiger partial charge in [0, 0.05) is 6.07 Å². The van der Waals surface area contributed by atoms with Crippen LogP contribution in [0.3, 0.4) is 0 Å². The number of methoxy groups -OCH3 is 1. The van der Waals surface area contributed by atoms with E-state index in [-0.39, 0.29) is 17.9 Å². The van der Waals surface area contributed by atoms with Crippen LogP contribution in [0.15, 0.2) is 6.07 Å². The summed E-state index contributed by atoms with van der Waals surface area (Å²) in [6.45, 7) is 0.236. The molecule has 0 aromatic heterocycles. The second-order valence-electron chi connectivity index (χ2n) is 4.60. The molecule has 20 heavy (non-hydrogen) atoms. The molecule has 1 amide bonds. The molecule has 0 spiro atoms. The standard InChI is InChI=1S/C13H15ClFNO4/c1-19-10-4-9(17)11(14)12(15)8(10)5-16-13(18)20-6-7-2-3-7/h4,7,17H,2-3,5-6H2,1H3,(H,16,18). The number of benzene rings is 1. The van der Waals surface area contributed by atoms with Crippen molar-refractivity contribution in [3.8, 4) is 11.5 Å². The average molecular weight is 304 g/mol. The van der Waals surface area contributed by atoms with Crippen molar-refractivity contribution in [2.24, 2.45) is 5.92 Å². The van der Waals surface area contributed by atoms with Crippen LogP contribution in [0.4, 0.5) is 9.18 Å². The molecule has 1 aliphatic rings. The highest BCUT2D eigenvalue weighted by Gasteiger charge is 2.23. The van der Waals surface area contributed by atoms with Crippen molar-refractivity contribution in [3.63, 3.8) is 0 Å². The number of rotatable bonds is 5. The first kappa shape index (κ1) is 14.7. The molecular weight excluding hydrogens is 289 g/mol. The number of phenols is 1. The van der Waals surface area contributed by atoms with Gasteiger partial charge in [0.25, 0.3) is 0 Å². The molecule has 0 bridgehead atoms. The molecule has 0 radical (unpaired) electrons. The maximum Gasteiger partial charge on any atom is 0.407 e.